The fraction of sp³-hybridized carbons (Fsp3) is 0.500. The summed E-state index contributed by atoms with van der Waals surface area (Å²) in [6, 6.07) is 12.4. The van der Waals surface area contributed by atoms with Gasteiger partial charge in [-0.15, -0.1) is 0 Å². The lowest BCUT2D eigenvalue weighted by Gasteiger charge is -2.45. The Balaban J connectivity index is 1.73. The molecule has 2 aliphatic rings. The standard InChI is InChI=1S/C20H27N/c1-16(2)11-12-18-13-19-9-6-10-20(14-18)21(19)15-17-7-4-3-5-8-17/h3-5,7-8,11,13,19-20H,6,9-10,12,14-15H2,1-2H3. The summed E-state index contributed by atoms with van der Waals surface area (Å²) >= 11 is 0. The van der Waals surface area contributed by atoms with Crippen LogP contribution >= 0.6 is 0 Å². The Hall–Kier alpha value is -1.34. The van der Waals surface area contributed by atoms with E-state index in [9.17, 15) is 0 Å². The van der Waals surface area contributed by atoms with Crippen LogP contribution in [-0.2, 0) is 6.54 Å². The quantitative estimate of drug-likeness (QED) is 0.694. The number of fused-ring (bicyclic) bond motifs is 2. The van der Waals surface area contributed by atoms with Gasteiger partial charge in [0.2, 0.25) is 0 Å². The van der Waals surface area contributed by atoms with E-state index in [2.05, 4.69) is 61.2 Å². The summed E-state index contributed by atoms with van der Waals surface area (Å²) in [6.07, 6.45) is 11.5. The first-order valence-electron chi connectivity index (χ1n) is 8.35. The molecule has 1 aromatic carbocycles. The van der Waals surface area contributed by atoms with Crippen LogP contribution in [-0.4, -0.2) is 17.0 Å². The number of rotatable bonds is 4. The van der Waals surface area contributed by atoms with Gasteiger partial charge in [0.1, 0.15) is 0 Å². The molecule has 0 radical (unpaired) electrons. The van der Waals surface area contributed by atoms with E-state index in [1.807, 2.05) is 0 Å². The maximum absolute atomic E-state index is 2.74. The zero-order valence-corrected chi connectivity index (χ0v) is 13.4. The van der Waals surface area contributed by atoms with E-state index in [-0.39, 0.29) is 0 Å². The Kier molecular flexibility index (Phi) is 4.60. The molecule has 2 heterocycles. The first-order chi connectivity index (χ1) is 10.2. The Labute approximate surface area is 129 Å². The van der Waals surface area contributed by atoms with Crippen molar-refractivity contribution in [1.82, 2.24) is 4.90 Å². The van der Waals surface area contributed by atoms with Crippen LogP contribution in [0.1, 0.15) is 51.5 Å². The fourth-order valence-electron chi connectivity index (χ4n) is 3.73. The average molecular weight is 281 g/mol. The molecule has 1 fully saturated rings. The predicted molar refractivity (Wildman–Crippen MR) is 90.2 cm³/mol. The molecular weight excluding hydrogens is 254 g/mol. The van der Waals surface area contributed by atoms with E-state index in [1.165, 1.54) is 36.8 Å². The summed E-state index contributed by atoms with van der Waals surface area (Å²) in [5.41, 5.74) is 4.55. The predicted octanol–water partition coefficient (Wildman–Crippen LogP) is 5.10. The molecule has 0 amide bonds. The second kappa shape index (κ2) is 6.62. The minimum Gasteiger partial charge on any atom is -0.289 e. The van der Waals surface area contributed by atoms with Crippen molar-refractivity contribution in [3.8, 4) is 0 Å². The molecular formula is C20H27N. The average Bonchev–Trinajstić information content (AvgIpc) is 2.46. The zero-order valence-electron chi connectivity index (χ0n) is 13.4. The lowest BCUT2D eigenvalue weighted by atomic mass is 9.83. The molecule has 2 unspecified atom stereocenters. The number of hydrogen-bond acceptors (Lipinski definition) is 1. The minimum absolute atomic E-state index is 0.665. The van der Waals surface area contributed by atoms with Gasteiger partial charge < -0.3 is 0 Å². The van der Waals surface area contributed by atoms with Crippen molar-refractivity contribution in [1.29, 1.82) is 0 Å². The summed E-state index contributed by atoms with van der Waals surface area (Å²) in [5, 5.41) is 0. The Bertz CT molecular complexity index is 522. The van der Waals surface area contributed by atoms with Gasteiger partial charge in [0.05, 0.1) is 0 Å². The number of piperidine rings is 1. The van der Waals surface area contributed by atoms with Crippen LogP contribution in [0.15, 0.2) is 53.6 Å². The number of hydrogen-bond donors (Lipinski definition) is 0. The minimum atomic E-state index is 0.665. The molecule has 2 atom stereocenters. The van der Waals surface area contributed by atoms with Crippen LogP contribution in [0.5, 0.6) is 0 Å². The van der Waals surface area contributed by atoms with Gasteiger partial charge in [0, 0.05) is 18.6 Å². The summed E-state index contributed by atoms with van der Waals surface area (Å²) in [5.74, 6) is 0. The van der Waals surface area contributed by atoms with Crippen molar-refractivity contribution in [2.24, 2.45) is 0 Å². The molecule has 1 aromatic rings. The highest BCUT2D eigenvalue weighted by atomic mass is 15.2. The highest BCUT2D eigenvalue weighted by molar-refractivity contribution is 5.21. The number of nitrogens with zero attached hydrogens (tertiary/aromatic N) is 1. The Morgan fingerprint density at radius 1 is 1.19 bits per heavy atom. The summed E-state index contributed by atoms with van der Waals surface area (Å²) in [4.78, 5) is 2.74. The van der Waals surface area contributed by atoms with Gasteiger partial charge in [0.15, 0.2) is 0 Å². The third-order valence-electron chi connectivity index (χ3n) is 4.84. The van der Waals surface area contributed by atoms with Gasteiger partial charge in [-0.25, -0.2) is 0 Å². The first kappa shape index (κ1) is 14.6. The summed E-state index contributed by atoms with van der Waals surface area (Å²) in [7, 11) is 0. The smallest absolute Gasteiger partial charge is 0.0287 e. The summed E-state index contributed by atoms with van der Waals surface area (Å²) < 4.78 is 0. The Morgan fingerprint density at radius 2 is 2.00 bits per heavy atom. The van der Waals surface area contributed by atoms with Gasteiger partial charge in [0.25, 0.3) is 0 Å². The van der Waals surface area contributed by atoms with Gasteiger partial charge in [-0.3, -0.25) is 4.90 Å². The van der Waals surface area contributed by atoms with Crippen LogP contribution in [0.25, 0.3) is 0 Å². The van der Waals surface area contributed by atoms with Crippen LogP contribution in [0, 0.1) is 0 Å². The van der Waals surface area contributed by atoms with Crippen molar-refractivity contribution in [3.05, 3.63) is 59.2 Å². The molecule has 0 spiro atoms. The molecule has 0 saturated carbocycles. The van der Waals surface area contributed by atoms with Crippen molar-refractivity contribution in [3.63, 3.8) is 0 Å². The zero-order chi connectivity index (χ0) is 14.7. The second-order valence-electron chi connectivity index (χ2n) is 6.82. The van der Waals surface area contributed by atoms with E-state index in [0.717, 1.165) is 19.0 Å². The Morgan fingerprint density at radius 3 is 2.71 bits per heavy atom. The molecule has 2 bridgehead atoms. The highest BCUT2D eigenvalue weighted by Crippen LogP contribution is 2.35. The molecule has 1 nitrogen and oxygen atoms in total. The maximum atomic E-state index is 2.74. The molecule has 1 heteroatoms. The number of allylic oxidation sites excluding steroid dienone is 2. The van der Waals surface area contributed by atoms with Gasteiger partial charge >= 0.3 is 0 Å². The molecule has 0 aromatic heterocycles. The van der Waals surface area contributed by atoms with Crippen molar-refractivity contribution < 1.29 is 0 Å². The normalized spacial score (nSPS) is 25.3. The molecule has 0 aliphatic carbocycles. The van der Waals surface area contributed by atoms with E-state index in [1.54, 1.807) is 5.57 Å². The molecule has 1 saturated heterocycles. The van der Waals surface area contributed by atoms with Crippen molar-refractivity contribution >= 4 is 0 Å². The highest BCUT2D eigenvalue weighted by Gasteiger charge is 2.33. The van der Waals surface area contributed by atoms with E-state index < -0.39 is 0 Å². The van der Waals surface area contributed by atoms with Gasteiger partial charge in [-0.2, -0.15) is 0 Å². The molecule has 3 rings (SSSR count). The third-order valence-corrected chi connectivity index (χ3v) is 4.84. The topological polar surface area (TPSA) is 3.24 Å². The van der Waals surface area contributed by atoms with E-state index in [0.29, 0.717) is 6.04 Å². The van der Waals surface area contributed by atoms with Crippen LogP contribution in [0.3, 0.4) is 0 Å². The van der Waals surface area contributed by atoms with Gasteiger partial charge in [-0.1, -0.05) is 60.1 Å². The first-order valence-corrected chi connectivity index (χ1v) is 8.35. The van der Waals surface area contributed by atoms with E-state index in [4.69, 9.17) is 0 Å². The second-order valence-corrected chi connectivity index (χ2v) is 6.82. The molecule has 2 aliphatic heterocycles. The van der Waals surface area contributed by atoms with Crippen molar-refractivity contribution in [2.45, 2.75) is 64.6 Å². The molecule has 0 N–H and O–H groups in total. The van der Waals surface area contributed by atoms with E-state index >= 15 is 0 Å². The van der Waals surface area contributed by atoms with Crippen LogP contribution < -0.4 is 0 Å². The summed E-state index contributed by atoms with van der Waals surface area (Å²) in [6.45, 7) is 5.51. The van der Waals surface area contributed by atoms with Gasteiger partial charge in [-0.05, 0) is 45.1 Å². The lowest BCUT2D eigenvalue weighted by molar-refractivity contribution is 0.0881. The maximum Gasteiger partial charge on any atom is 0.0287 e. The van der Waals surface area contributed by atoms with Crippen LogP contribution in [0.4, 0.5) is 0 Å². The molecule has 21 heavy (non-hydrogen) atoms. The lowest BCUT2D eigenvalue weighted by Crippen LogP contribution is -2.47. The number of benzene rings is 1. The van der Waals surface area contributed by atoms with Crippen LogP contribution in [0.2, 0.25) is 0 Å². The SMILES string of the molecule is CC(C)=CCC1=CC2CCCC(C1)N2Cc1ccccc1. The third kappa shape index (κ3) is 3.65. The monoisotopic (exact) mass is 281 g/mol. The fourth-order valence-corrected chi connectivity index (χ4v) is 3.73. The van der Waals surface area contributed by atoms with Crippen molar-refractivity contribution in [2.75, 3.05) is 0 Å². The molecule has 112 valence electrons. The largest absolute Gasteiger partial charge is 0.289 e.